The molecule has 7 heteroatoms. The molecule has 0 amide bonds. The van der Waals surface area contributed by atoms with Crippen molar-refractivity contribution < 1.29 is 4.74 Å². The van der Waals surface area contributed by atoms with Gasteiger partial charge in [-0.05, 0) is 12.8 Å². The highest BCUT2D eigenvalue weighted by Gasteiger charge is 2.23. The lowest BCUT2D eigenvalue weighted by Gasteiger charge is -2.37. The number of aliphatic imine (C=N–C) groups is 1. The zero-order valence-corrected chi connectivity index (χ0v) is 17.7. The van der Waals surface area contributed by atoms with E-state index in [1.807, 2.05) is 0 Å². The average Bonchev–Trinajstić information content (AvgIpc) is 3.10. The Morgan fingerprint density at radius 1 is 1.27 bits per heavy atom. The summed E-state index contributed by atoms with van der Waals surface area (Å²) < 4.78 is 5.50. The van der Waals surface area contributed by atoms with Crippen LogP contribution < -0.4 is 10.6 Å². The number of hydrogen-bond donors (Lipinski definition) is 2. The van der Waals surface area contributed by atoms with E-state index in [1.54, 1.807) is 11.3 Å². The number of rotatable bonds is 8. The maximum Gasteiger partial charge on any atom is 0.191 e. The Morgan fingerprint density at radius 3 is 2.58 bits per heavy atom. The van der Waals surface area contributed by atoms with E-state index in [4.69, 9.17) is 9.73 Å². The second-order valence-corrected chi connectivity index (χ2v) is 8.26. The summed E-state index contributed by atoms with van der Waals surface area (Å²) in [6, 6.07) is 0.481. The van der Waals surface area contributed by atoms with Crippen LogP contribution in [0, 0.1) is 5.92 Å². The maximum atomic E-state index is 5.50. The molecule has 0 bridgehead atoms. The number of nitrogens with zero attached hydrogens (tertiary/aromatic N) is 3. The maximum absolute atomic E-state index is 5.50. The van der Waals surface area contributed by atoms with Gasteiger partial charge in [-0.3, -0.25) is 4.90 Å². The molecular formula is C19H35N5OS. The average molecular weight is 382 g/mol. The van der Waals surface area contributed by atoms with Crippen LogP contribution in [0.25, 0.3) is 0 Å². The van der Waals surface area contributed by atoms with E-state index in [2.05, 4.69) is 60.5 Å². The Kier molecular flexibility index (Phi) is 8.81. The van der Waals surface area contributed by atoms with Crippen molar-refractivity contribution in [2.45, 2.75) is 53.1 Å². The molecule has 2 heterocycles. The first-order chi connectivity index (χ1) is 12.5. The molecule has 1 aromatic rings. The fourth-order valence-corrected chi connectivity index (χ4v) is 3.89. The normalized spacial score (nSPS) is 17.7. The Labute approximate surface area is 162 Å². The van der Waals surface area contributed by atoms with E-state index < -0.39 is 0 Å². The van der Waals surface area contributed by atoms with Gasteiger partial charge in [-0.1, -0.05) is 27.7 Å². The fraction of sp³-hybridized carbons (Fsp3) is 0.789. The molecule has 0 radical (unpaired) electrons. The number of guanidine groups is 1. The number of ether oxygens (including phenoxy) is 1. The van der Waals surface area contributed by atoms with Gasteiger partial charge in [-0.15, -0.1) is 11.3 Å². The van der Waals surface area contributed by atoms with Crippen molar-refractivity contribution in [3.8, 4) is 0 Å². The van der Waals surface area contributed by atoms with Gasteiger partial charge in [0.2, 0.25) is 0 Å². The van der Waals surface area contributed by atoms with Gasteiger partial charge in [-0.25, -0.2) is 9.98 Å². The molecule has 1 atom stereocenters. The standard InChI is InChI=1S/C19H35N5OS/c1-6-20-19(21-11-16-13-26-18(23-16)15(4)5)22-12-17(14(2)3)24-7-9-25-10-8-24/h13-15,17H,6-12H2,1-5H3,(H2,20,21,22). The van der Waals surface area contributed by atoms with Gasteiger partial charge in [-0.2, -0.15) is 0 Å². The molecule has 1 aromatic heterocycles. The summed E-state index contributed by atoms with van der Waals surface area (Å²) in [5.41, 5.74) is 1.05. The second-order valence-electron chi connectivity index (χ2n) is 7.37. The first-order valence-corrected chi connectivity index (χ1v) is 10.7. The third-order valence-electron chi connectivity index (χ3n) is 4.57. The molecule has 1 unspecified atom stereocenters. The highest BCUT2D eigenvalue weighted by molar-refractivity contribution is 7.09. The van der Waals surface area contributed by atoms with Gasteiger partial charge < -0.3 is 15.4 Å². The minimum Gasteiger partial charge on any atom is -0.379 e. The van der Waals surface area contributed by atoms with E-state index in [0.717, 1.165) is 51.0 Å². The fourth-order valence-electron chi connectivity index (χ4n) is 3.06. The molecule has 6 nitrogen and oxygen atoms in total. The monoisotopic (exact) mass is 381 g/mol. The summed E-state index contributed by atoms with van der Waals surface area (Å²) in [7, 11) is 0. The number of nitrogens with one attached hydrogen (secondary N) is 2. The summed E-state index contributed by atoms with van der Waals surface area (Å²) in [6.45, 7) is 17.1. The Hall–Kier alpha value is -1.18. The first-order valence-electron chi connectivity index (χ1n) is 9.79. The summed E-state index contributed by atoms with van der Waals surface area (Å²) in [6.07, 6.45) is 0. The molecule has 0 aromatic carbocycles. The summed E-state index contributed by atoms with van der Waals surface area (Å²) in [5, 5.41) is 10.2. The minimum atomic E-state index is 0.476. The summed E-state index contributed by atoms with van der Waals surface area (Å²) in [5.74, 6) is 1.92. The van der Waals surface area contributed by atoms with Crippen LogP contribution in [-0.2, 0) is 11.3 Å². The zero-order chi connectivity index (χ0) is 18.9. The van der Waals surface area contributed by atoms with Crippen LogP contribution in [-0.4, -0.2) is 61.3 Å². The molecule has 148 valence electrons. The highest BCUT2D eigenvalue weighted by atomic mass is 32.1. The molecule has 1 fully saturated rings. The lowest BCUT2D eigenvalue weighted by molar-refractivity contribution is 0.00752. The molecule has 0 saturated carbocycles. The smallest absolute Gasteiger partial charge is 0.191 e. The van der Waals surface area contributed by atoms with Crippen molar-refractivity contribution in [3.05, 3.63) is 16.1 Å². The van der Waals surface area contributed by atoms with Gasteiger partial charge in [0.1, 0.15) is 0 Å². The van der Waals surface area contributed by atoms with Gasteiger partial charge >= 0.3 is 0 Å². The second kappa shape index (κ2) is 10.8. The largest absolute Gasteiger partial charge is 0.379 e. The van der Waals surface area contributed by atoms with E-state index >= 15 is 0 Å². The lowest BCUT2D eigenvalue weighted by Crippen LogP contribution is -2.52. The van der Waals surface area contributed by atoms with Gasteiger partial charge in [0.25, 0.3) is 0 Å². The predicted molar refractivity (Wildman–Crippen MR) is 110 cm³/mol. The van der Waals surface area contributed by atoms with Crippen molar-refractivity contribution in [1.29, 1.82) is 0 Å². The van der Waals surface area contributed by atoms with Crippen LogP contribution in [0.3, 0.4) is 0 Å². The number of hydrogen-bond acceptors (Lipinski definition) is 5. The molecule has 1 aliphatic heterocycles. The van der Waals surface area contributed by atoms with E-state index in [1.165, 1.54) is 5.01 Å². The third kappa shape index (κ3) is 6.52. The van der Waals surface area contributed by atoms with Crippen LogP contribution in [0.5, 0.6) is 0 Å². The Morgan fingerprint density at radius 2 is 2.00 bits per heavy atom. The van der Waals surface area contributed by atoms with Gasteiger partial charge in [0.05, 0.1) is 30.5 Å². The van der Waals surface area contributed by atoms with Crippen molar-refractivity contribution in [1.82, 2.24) is 20.5 Å². The van der Waals surface area contributed by atoms with Crippen LogP contribution in [0.1, 0.15) is 51.2 Å². The van der Waals surface area contributed by atoms with Gasteiger partial charge in [0, 0.05) is 43.5 Å². The first kappa shape index (κ1) is 21.1. The molecule has 2 rings (SSSR count). The molecule has 1 saturated heterocycles. The van der Waals surface area contributed by atoms with Crippen molar-refractivity contribution >= 4 is 17.3 Å². The van der Waals surface area contributed by atoms with E-state index in [-0.39, 0.29) is 0 Å². The minimum absolute atomic E-state index is 0.476. The Balaban J connectivity index is 1.94. The number of morpholine rings is 1. The molecule has 2 N–H and O–H groups in total. The van der Waals surface area contributed by atoms with Crippen LogP contribution in [0.4, 0.5) is 0 Å². The molecule has 0 spiro atoms. The summed E-state index contributed by atoms with van der Waals surface area (Å²) >= 11 is 1.72. The number of thiazole rings is 1. The van der Waals surface area contributed by atoms with E-state index in [0.29, 0.717) is 24.4 Å². The van der Waals surface area contributed by atoms with Crippen molar-refractivity contribution in [2.75, 3.05) is 39.4 Å². The molecule has 26 heavy (non-hydrogen) atoms. The van der Waals surface area contributed by atoms with Crippen molar-refractivity contribution in [3.63, 3.8) is 0 Å². The molecular weight excluding hydrogens is 346 g/mol. The zero-order valence-electron chi connectivity index (χ0n) is 16.9. The quantitative estimate of drug-likeness (QED) is 0.535. The van der Waals surface area contributed by atoms with Crippen LogP contribution >= 0.6 is 11.3 Å². The summed E-state index contributed by atoms with van der Waals surface area (Å²) in [4.78, 5) is 11.9. The highest BCUT2D eigenvalue weighted by Crippen LogP contribution is 2.19. The molecule has 0 aliphatic carbocycles. The van der Waals surface area contributed by atoms with Gasteiger partial charge in [0.15, 0.2) is 5.96 Å². The van der Waals surface area contributed by atoms with E-state index in [9.17, 15) is 0 Å². The topological polar surface area (TPSA) is 61.8 Å². The SMILES string of the molecule is CCNC(=NCc1csc(C(C)C)n1)NCC(C(C)C)N1CCOCC1. The lowest BCUT2D eigenvalue weighted by atomic mass is 10.0. The predicted octanol–water partition coefficient (Wildman–Crippen LogP) is 2.68. The Bertz CT molecular complexity index is 552. The molecule has 1 aliphatic rings. The van der Waals surface area contributed by atoms with Crippen molar-refractivity contribution in [2.24, 2.45) is 10.9 Å². The number of aromatic nitrogens is 1. The third-order valence-corrected chi connectivity index (χ3v) is 5.76. The van der Waals surface area contributed by atoms with Crippen LogP contribution in [0.2, 0.25) is 0 Å². The van der Waals surface area contributed by atoms with Crippen LogP contribution in [0.15, 0.2) is 10.4 Å².